The van der Waals surface area contributed by atoms with Gasteiger partial charge in [0.25, 0.3) is 0 Å². The molecule has 12 heavy (non-hydrogen) atoms. The van der Waals surface area contributed by atoms with E-state index in [0.29, 0.717) is 0 Å². The maximum Gasteiger partial charge on any atom is 3.00 e. The van der Waals surface area contributed by atoms with Crippen molar-refractivity contribution < 1.29 is 70.2 Å². The number of hydrogen-bond donors (Lipinski definition) is 0. The van der Waals surface area contributed by atoms with Gasteiger partial charge in [-0.1, -0.05) is 6.92 Å². The van der Waals surface area contributed by atoms with Gasteiger partial charge in [-0.15, -0.1) is 0 Å². The average Bonchev–Trinajstić information content (AvgIpc) is 1.89. The van der Waals surface area contributed by atoms with Crippen molar-refractivity contribution in [3.8, 4) is 0 Å². The van der Waals surface area contributed by atoms with E-state index in [-0.39, 0.29) is 72.8 Å². The summed E-state index contributed by atoms with van der Waals surface area (Å²) in [6.45, 7) is 8.35. The van der Waals surface area contributed by atoms with Crippen LogP contribution < -0.4 is 0 Å². The van der Waals surface area contributed by atoms with E-state index in [4.69, 9.17) is 4.74 Å². The van der Waals surface area contributed by atoms with Crippen LogP contribution in [0.4, 0.5) is 0 Å². The van der Waals surface area contributed by atoms with Gasteiger partial charge in [-0.05, 0) is 6.42 Å². The first-order valence-corrected chi connectivity index (χ1v) is 3.21. The summed E-state index contributed by atoms with van der Waals surface area (Å²) in [6, 6.07) is 0. The predicted octanol–water partition coefficient (Wildman–Crippen LogP) is 2.79. The van der Waals surface area contributed by atoms with Crippen LogP contribution in [-0.2, 0) is 70.2 Å². The molecule has 0 saturated heterocycles. The molecule has 1 radical (unpaired) electrons. The zero-order chi connectivity index (χ0) is 7.11. The molecular formula is C9H17OY2. The molecule has 65 valence electrons. The van der Waals surface area contributed by atoms with E-state index in [9.17, 15) is 0 Å². The molecule has 0 bridgehead atoms. The van der Waals surface area contributed by atoms with Gasteiger partial charge in [-0.2, -0.15) is 13.8 Å². The number of hydrogen-bond acceptors (Lipinski definition) is 1. The van der Waals surface area contributed by atoms with Gasteiger partial charge in [0.2, 0.25) is 0 Å². The first-order valence-electron chi connectivity index (χ1n) is 3.21. The molecule has 0 unspecified atom stereocenters. The van der Waals surface area contributed by atoms with Crippen LogP contribution in [0.1, 0.15) is 27.2 Å². The Bertz CT molecular complexity index is 92.5. The molecule has 0 N–H and O–H groups in total. The van der Waals surface area contributed by atoms with Crippen LogP contribution in [0, 0.1) is 20.1 Å². The summed E-state index contributed by atoms with van der Waals surface area (Å²) in [5.74, 6) is 0. The van der Waals surface area contributed by atoms with Gasteiger partial charge in [0.15, 0.2) is 0 Å². The molecule has 0 aliphatic rings. The fourth-order valence-electron chi connectivity index (χ4n) is 0.455. The maximum absolute atomic E-state index is 5.02. The summed E-state index contributed by atoms with van der Waals surface area (Å²) in [5, 5.41) is 0. The average molecular weight is 319 g/mol. The molecule has 0 amide bonds. The molecule has 1 nitrogen and oxygen atoms in total. The summed E-state index contributed by atoms with van der Waals surface area (Å²) >= 11 is 0. The fraction of sp³-hybridized carbons (Fsp3) is 0.556. The van der Waals surface area contributed by atoms with Crippen LogP contribution in [0.25, 0.3) is 0 Å². The van der Waals surface area contributed by atoms with E-state index in [1.807, 2.05) is 13.8 Å². The summed E-state index contributed by atoms with van der Waals surface area (Å²) in [4.78, 5) is 0. The van der Waals surface area contributed by atoms with E-state index >= 15 is 0 Å². The second-order valence-electron chi connectivity index (χ2n) is 1.89. The van der Waals surface area contributed by atoms with Crippen LogP contribution in [-0.4, -0.2) is 6.61 Å². The van der Waals surface area contributed by atoms with Gasteiger partial charge in [0, 0.05) is 39.3 Å². The molecule has 0 atom stereocenters. The summed E-state index contributed by atoms with van der Waals surface area (Å²) < 4.78 is 5.02. The summed E-state index contributed by atoms with van der Waals surface area (Å²) in [7, 11) is 0. The Kier molecular flexibility index (Phi) is 36.7. The summed E-state index contributed by atoms with van der Waals surface area (Å²) in [6.07, 6.45) is 4.03. The molecule has 0 aromatic rings. The second-order valence-corrected chi connectivity index (χ2v) is 1.89. The minimum absolute atomic E-state index is 0. The van der Waals surface area contributed by atoms with E-state index < -0.39 is 0 Å². The van der Waals surface area contributed by atoms with Crippen LogP contribution in [0.5, 0.6) is 0 Å². The number of ether oxygens (including phenoxy) is 1. The van der Waals surface area contributed by atoms with Crippen molar-refractivity contribution in [1.29, 1.82) is 0 Å². The third kappa shape index (κ3) is 17.9. The Morgan fingerprint density at radius 3 is 2.33 bits per heavy atom. The Morgan fingerprint density at radius 2 is 2.00 bits per heavy atom. The minimum atomic E-state index is 0. The second kappa shape index (κ2) is 18.6. The van der Waals surface area contributed by atoms with Crippen LogP contribution in [0.15, 0.2) is 5.57 Å². The van der Waals surface area contributed by atoms with Gasteiger partial charge >= 0.3 is 32.7 Å². The molecular weight excluding hydrogens is 302 g/mol. The Balaban J connectivity index is -0.000000107. The molecule has 0 aromatic carbocycles. The Hall–Kier alpha value is 1.91. The van der Waals surface area contributed by atoms with Gasteiger partial charge in [-0.3, -0.25) is 5.57 Å². The van der Waals surface area contributed by atoms with Crippen molar-refractivity contribution in [3.63, 3.8) is 0 Å². The molecule has 0 aliphatic heterocycles. The molecule has 0 rings (SSSR count). The zero-order valence-electron chi connectivity index (χ0n) is 8.55. The number of allylic oxidation sites excluding steroid dienone is 1. The third-order valence-electron chi connectivity index (χ3n) is 1.19. The van der Waals surface area contributed by atoms with Gasteiger partial charge in [0.05, 0.1) is 0 Å². The van der Waals surface area contributed by atoms with Crippen molar-refractivity contribution in [2.45, 2.75) is 27.2 Å². The van der Waals surface area contributed by atoms with Gasteiger partial charge < -0.3 is 18.2 Å². The first-order chi connectivity index (χ1) is 4.31. The smallest absolute Gasteiger partial charge is 0.552 e. The van der Waals surface area contributed by atoms with Crippen LogP contribution in [0.3, 0.4) is 0 Å². The van der Waals surface area contributed by atoms with Crippen LogP contribution in [0.2, 0.25) is 0 Å². The van der Waals surface area contributed by atoms with E-state index in [1.165, 1.54) is 5.57 Å². The van der Waals surface area contributed by atoms with Crippen molar-refractivity contribution in [3.05, 3.63) is 25.7 Å². The zero-order valence-corrected chi connectivity index (χ0v) is 14.2. The van der Waals surface area contributed by atoms with E-state index in [1.54, 1.807) is 6.61 Å². The molecule has 0 heterocycles. The normalized spacial score (nSPS) is 9.08. The topological polar surface area (TPSA) is 9.23 Å². The third-order valence-corrected chi connectivity index (χ3v) is 1.19. The first kappa shape index (κ1) is 23.6. The monoisotopic (exact) mass is 319 g/mol. The minimum Gasteiger partial charge on any atom is -0.552 e. The SMILES string of the molecule is C[C-]=C(C)CCO[CH-]C.[CH3-].[Y+3].[Y]. The molecule has 0 fully saturated rings. The molecule has 0 aliphatic carbocycles. The quantitative estimate of drug-likeness (QED) is 0.572. The van der Waals surface area contributed by atoms with Crippen molar-refractivity contribution in [2.24, 2.45) is 0 Å². The fourth-order valence-corrected chi connectivity index (χ4v) is 0.455. The molecule has 0 saturated carbocycles. The van der Waals surface area contributed by atoms with E-state index in [2.05, 4.69) is 13.0 Å². The van der Waals surface area contributed by atoms with Gasteiger partial charge in [-0.25, -0.2) is 6.61 Å². The molecule has 0 aromatic heterocycles. The Labute approximate surface area is 128 Å². The number of rotatable bonds is 4. The van der Waals surface area contributed by atoms with Crippen molar-refractivity contribution >= 4 is 0 Å². The predicted molar refractivity (Wildman–Crippen MR) is 45.1 cm³/mol. The summed E-state index contributed by atoms with van der Waals surface area (Å²) in [5.41, 5.74) is 1.26. The largest absolute Gasteiger partial charge is 3.00 e. The standard InChI is InChI=1S/C8H14O.CH3.2Y/c1-4-8(3)6-7-9-5-2;;;/h5H,6-7H2,1-3H3;1H3;;/q-2;-1;;+3. The molecule has 0 spiro atoms. The van der Waals surface area contributed by atoms with E-state index in [0.717, 1.165) is 13.0 Å². The van der Waals surface area contributed by atoms with Crippen molar-refractivity contribution in [1.82, 2.24) is 0 Å². The van der Waals surface area contributed by atoms with Crippen molar-refractivity contribution in [2.75, 3.05) is 6.61 Å². The maximum atomic E-state index is 5.02. The molecule has 3 heteroatoms. The van der Waals surface area contributed by atoms with Gasteiger partial charge in [0.1, 0.15) is 0 Å². The Morgan fingerprint density at radius 1 is 1.50 bits per heavy atom. The van der Waals surface area contributed by atoms with Crippen LogP contribution >= 0.6 is 0 Å².